The number of hydrogen-bond acceptors (Lipinski definition) is 2. The van der Waals surface area contributed by atoms with Crippen LogP contribution < -0.4 is 0 Å². The van der Waals surface area contributed by atoms with Gasteiger partial charge in [-0.05, 0) is 25.8 Å². The van der Waals surface area contributed by atoms with Crippen molar-refractivity contribution in [2.75, 3.05) is 13.3 Å². The van der Waals surface area contributed by atoms with Gasteiger partial charge in [0.25, 0.3) is 0 Å². The number of aromatic nitrogens is 2. The van der Waals surface area contributed by atoms with Crippen LogP contribution in [0.1, 0.15) is 5.56 Å². The van der Waals surface area contributed by atoms with E-state index >= 15 is 0 Å². The Kier molecular flexibility index (Phi) is 2.19. The van der Waals surface area contributed by atoms with E-state index < -0.39 is 7.14 Å². The lowest BCUT2D eigenvalue weighted by molar-refractivity contribution is 0.569. The van der Waals surface area contributed by atoms with Crippen molar-refractivity contribution in [1.82, 2.24) is 9.78 Å². The van der Waals surface area contributed by atoms with E-state index in [0.717, 1.165) is 5.56 Å². The topological polar surface area (TPSA) is 34.9 Å². The largest absolute Gasteiger partial charge is 0.322 e. The summed E-state index contributed by atoms with van der Waals surface area (Å²) in [5.74, 6) is 0. The van der Waals surface area contributed by atoms with Gasteiger partial charge in [-0.3, -0.25) is 4.68 Å². The van der Waals surface area contributed by atoms with E-state index in [1.54, 1.807) is 24.2 Å². The van der Waals surface area contributed by atoms with Gasteiger partial charge in [-0.25, -0.2) is 0 Å². The fraction of sp³-hybridized carbons (Fsp3) is 0.571. The molecule has 1 aromatic rings. The minimum absolute atomic E-state index is 0.542. The molecular formula is C7H13N2OP. The van der Waals surface area contributed by atoms with Gasteiger partial charge < -0.3 is 4.57 Å². The second-order valence-corrected chi connectivity index (χ2v) is 6.70. The summed E-state index contributed by atoms with van der Waals surface area (Å²) in [6, 6.07) is 0. The van der Waals surface area contributed by atoms with E-state index in [1.165, 1.54) is 0 Å². The third-order valence-corrected chi connectivity index (χ3v) is 2.22. The Bertz CT molecular complexity index is 286. The van der Waals surface area contributed by atoms with Crippen LogP contribution in [-0.2, 0) is 10.9 Å². The molecule has 0 N–H and O–H groups in total. The third-order valence-electron chi connectivity index (χ3n) is 1.25. The van der Waals surface area contributed by atoms with Gasteiger partial charge in [0.05, 0.1) is 12.5 Å². The second-order valence-electron chi connectivity index (χ2n) is 3.27. The van der Waals surface area contributed by atoms with E-state index in [2.05, 4.69) is 5.10 Å². The summed E-state index contributed by atoms with van der Waals surface area (Å²) in [7, 11) is -1.97. The Labute approximate surface area is 66.8 Å². The average Bonchev–Trinajstić information content (AvgIpc) is 2.10. The van der Waals surface area contributed by atoms with Gasteiger partial charge in [-0.2, -0.15) is 5.10 Å². The predicted octanol–water partition coefficient (Wildman–Crippen LogP) is 1.77. The van der Waals surface area contributed by atoms with Crippen LogP contribution >= 0.6 is 7.14 Å². The van der Waals surface area contributed by atoms with Gasteiger partial charge in [0.15, 0.2) is 0 Å². The van der Waals surface area contributed by atoms with E-state index in [1.807, 2.05) is 13.1 Å². The molecule has 0 aliphatic heterocycles. The zero-order valence-electron chi connectivity index (χ0n) is 7.11. The van der Waals surface area contributed by atoms with Crippen LogP contribution in [0.3, 0.4) is 0 Å². The Morgan fingerprint density at radius 3 is 2.64 bits per heavy atom. The Hall–Kier alpha value is -0.560. The molecular weight excluding hydrogens is 159 g/mol. The molecule has 3 nitrogen and oxygen atoms in total. The SMILES string of the molecule is Cc1cnn(CP(C)(C)=O)c1. The van der Waals surface area contributed by atoms with Gasteiger partial charge in [-0.15, -0.1) is 0 Å². The first-order valence-electron chi connectivity index (χ1n) is 3.50. The van der Waals surface area contributed by atoms with Crippen LogP contribution in [-0.4, -0.2) is 23.1 Å². The predicted molar refractivity (Wildman–Crippen MR) is 46.4 cm³/mol. The molecule has 1 heterocycles. The molecule has 0 aromatic carbocycles. The van der Waals surface area contributed by atoms with Crippen molar-refractivity contribution in [3.05, 3.63) is 18.0 Å². The van der Waals surface area contributed by atoms with Crippen LogP contribution in [0.15, 0.2) is 12.4 Å². The number of hydrogen-bond donors (Lipinski definition) is 0. The van der Waals surface area contributed by atoms with Gasteiger partial charge in [-0.1, -0.05) is 0 Å². The summed E-state index contributed by atoms with van der Waals surface area (Å²) in [5, 5.41) is 4.05. The molecule has 0 spiro atoms. The fourth-order valence-corrected chi connectivity index (χ4v) is 1.75. The Balaban J connectivity index is 2.73. The van der Waals surface area contributed by atoms with Crippen molar-refractivity contribution < 1.29 is 4.57 Å². The molecule has 0 atom stereocenters. The molecule has 0 radical (unpaired) electrons. The monoisotopic (exact) mass is 172 g/mol. The average molecular weight is 172 g/mol. The van der Waals surface area contributed by atoms with E-state index in [-0.39, 0.29) is 0 Å². The molecule has 0 aliphatic carbocycles. The van der Waals surface area contributed by atoms with Crippen LogP contribution in [0.5, 0.6) is 0 Å². The smallest absolute Gasteiger partial charge is 0.102 e. The molecule has 0 aliphatic rings. The molecule has 1 rings (SSSR count). The first-order chi connectivity index (χ1) is 4.97. The van der Waals surface area contributed by atoms with Crippen molar-refractivity contribution >= 4 is 7.14 Å². The number of nitrogens with zero attached hydrogens (tertiary/aromatic N) is 2. The second kappa shape index (κ2) is 2.82. The zero-order chi connectivity index (χ0) is 8.48. The van der Waals surface area contributed by atoms with Crippen molar-refractivity contribution in [2.45, 2.75) is 13.2 Å². The maximum atomic E-state index is 11.3. The van der Waals surface area contributed by atoms with E-state index in [9.17, 15) is 4.57 Å². The minimum atomic E-state index is -1.97. The molecule has 0 saturated heterocycles. The van der Waals surface area contributed by atoms with Crippen LogP contribution in [0, 0.1) is 6.92 Å². The third kappa shape index (κ3) is 2.89. The summed E-state index contributed by atoms with van der Waals surface area (Å²) in [6.07, 6.45) is 4.22. The van der Waals surface area contributed by atoms with Gasteiger partial charge in [0.2, 0.25) is 0 Å². The summed E-state index contributed by atoms with van der Waals surface area (Å²) < 4.78 is 13.1. The van der Waals surface area contributed by atoms with Crippen LogP contribution in [0.2, 0.25) is 0 Å². The summed E-state index contributed by atoms with van der Waals surface area (Å²) in [4.78, 5) is 0. The molecule has 0 saturated carbocycles. The molecule has 1 aromatic heterocycles. The van der Waals surface area contributed by atoms with Crippen molar-refractivity contribution in [3.8, 4) is 0 Å². The van der Waals surface area contributed by atoms with Crippen LogP contribution in [0.4, 0.5) is 0 Å². The molecule has 11 heavy (non-hydrogen) atoms. The van der Waals surface area contributed by atoms with Gasteiger partial charge in [0, 0.05) is 6.20 Å². The van der Waals surface area contributed by atoms with Crippen molar-refractivity contribution in [2.24, 2.45) is 0 Å². The Morgan fingerprint density at radius 1 is 1.64 bits per heavy atom. The molecule has 0 amide bonds. The molecule has 0 unspecified atom stereocenters. The van der Waals surface area contributed by atoms with E-state index in [0.29, 0.717) is 6.29 Å². The lowest BCUT2D eigenvalue weighted by Gasteiger charge is -2.04. The lowest BCUT2D eigenvalue weighted by atomic mass is 10.4. The summed E-state index contributed by atoms with van der Waals surface area (Å²) >= 11 is 0. The first kappa shape index (κ1) is 8.54. The quantitative estimate of drug-likeness (QED) is 0.637. The highest BCUT2D eigenvalue weighted by Gasteiger charge is 2.07. The highest BCUT2D eigenvalue weighted by atomic mass is 31.2. The molecule has 0 fully saturated rings. The summed E-state index contributed by atoms with van der Waals surface area (Å²) in [6.45, 7) is 5.51. The lowest BCUT2D eigenvalue weighted by Crippen LogP contribution is -1.97. The maximum Gasteiger partial charge on any atom is 0.102 e. The standard InChI is InChI=1S/C7H13N2OP/c1-7-4-8-9(5-7)6-11(2,3)10/h4-5H,6H2,1-3H3. The highest BCUT2D eigenvalue weighted by molar-refractivity contribution is 7.61. The normalized spacial score (nSPS) is 11.9. The van der Waals surface area contributed by atoms with Gasteiger partial charge in [0.1, 0.15) is 7.14 Å². The summed E-state index contributed by atoms with van der Waals surface area (Å²) in [5.41, 5.74) is 1.11. The molecule has 0 bridgehead atoms. The minimum Gasteiger partial charge on any atom is -0.322 e. The Morgan fingerprint density at radius 2 is 2.27 bits per heavy atom. The zero-order valence-corrected chi connectivity index (χ0v) is 8.01. The van der Waals surface area contributed by atoms with Crippen molar-refractivity contribution in [3.63, 3.8) is 0 Å². The van der Waals surface area contributed by atoms with Crippen molar-refractivity contribution in [1.29, 1.82) is 0 Å². The maximum absolute atomic E-state index is 11.3. The number of aryl methyl sites for hydroxylation is 1. The first-order valence-corrected chi connectivity index (χ1v) is 6.29. The van der Waals surface area contributed by atoms with Crippen LogP contribution in [0.25, 0.3) is 0 Å². The van der Waals surface area contributed by atoms with Gasteiger partial charge >= 0.3 is 0 Å². The van der Waals surface area contributed by atoms with E-state index in [4.69, 9.17) is 0 Å². The number of rotatable bonds is 2. The fourth-order valence-electron chi connectivity index (χ4n) is 0.893. The molecule has 4 heteroatoms. The highest BCUT2D eigenvalue weighted by Crippen LogP contribution is 2.37. The molecule has 62 valence electrons.